The van der Waals surface area contributed by atoms with Crippen LogP contribution in [0.25, 0.3) is 0 Å². The molecule has 0 aromatic heterocycles. The first kappa shape index (κ1) is 32.1. The van der Waals surface area contributed by atoms with Crippen LogP contribution in [0.4, 0.5) is 0 Å². The second-order valence-electron chi connectivity index (χ2n) is 13.9. The van der Waals surface area contributed by atoms with Crippen LogP contribution in [0.15, 0.2) is 42.0 Å². The average Bonchev–Trinajstić information content (AvgIpc) is 3.28. The van der Waals surface area contributed by atoms with E-state index in [1.54, 1.807) is 12.1 Å². The van der Waals surface area contributed by atoms with Gasteiger partial charge < -0.3 is 20.3 Å². The van der Waals surface area contributed by atoms with Crippen molar-refractivity contribution in [1.82, 2.24) is 5.32 Å². The van der Waals surface area contributed by atoms with Crippen molar-refractivity contribution in [2.75, 3.05) is 13.2 Å². The highest BCUT2D eigenvalue weighted by Crippen LogP contribution is 2.67. The number of aliphatic carboxylic acids is 1. The van der Waals surface area contributed by atoms with Crippen molar-refractivity contribution in [1.29, 1.82) is 0 Å². The van der Waals surface area contributed by atoms with Crippen molar-refractivity contribution in [2.45, 2.75) is 96.0 Å². The lowest BCUT2D eigenvalue weighted by atomic mass is 9.46. The fourth-order valence-corrected chi connectivity index (χ4v) is 9.16. The highest BCUT2D eigenvalue weighted by atomic mass is 16.5. The molecule has 3 fully saturated rings. The molecular formula is C35H45NO8. The van der Waals surface area contributed by atoms with Gasteiger partial charge in [-0.2, -0.15) is 0 Å². The molecule has 238 valence electrons. The number of carbonyl (C=O) groups is 5. The van der Waals surface area contributed by atoms with E-state index in [9.17, 15) is 34.2 Å². The summed E-state index contributed by atoms with van der Waals surface area (Å²) in [6.45, 7) is 3.91. The van der Waals surface area contributed by atoms with Crippen molar-refractivity contribution in [2.24, 2.45) is 28.6 Å². The highest BCUT2D eigenvalue weighted by Gasteiger charge is 2.66. The Morgan fingerprint density at radius 1 is 0.977 bits per heavy atom. The van der Waals surface area contributed by atoms with E-state index < -0.39 is 47.2 Å². The van der Waals surface area contributed by atoms with E-state index in [1.807, 2.05) is 31.2 Å². The lowest BCUT2D eigenvalue weighted by Gasteiger charge is -2.58. The Morgan fingerprint density at radius 3 is 2.43 bits per heavy atom. The van der Waals surface area contributed by atoms with Crippen LogP contribution >= 0.6 is 0 Å². The molecule has 44 heavy (non-hydrogen) atoms. The number of carboxylic acids is 1. The minimum atomic E-state index is -1.57. The van der Waals surface area contributed by atoms with Crippen LogP contribution in [0.5, 0.6) is 0 Å². The molecule has 0 spiro atoms. The molecule has 4 aliphatic rings. The summed E-state index contributed by atoms with van der Waals surface area (Å²) in [5.74, 6) is -1.75. The smallest absolute Gasteiger partial charge is 0.306 e. The van der Waals surface area contributed by atoms with Crippen molar-refractivity contribution >= 4 is 29.4 Å². The van der Waals surface area contributed by atoms with Gasteiger partial charge in [-0.3, -0.25) is 24.0 Å². The summed E-state index contributed by atoms with van der Waals surface area (Å²) in [5, 5.41) is 23.8. The molecule has 0 unspecified atom stereocenters. The summed E-state index contributed by atoms with van der Waals surface area (Å²) in [5.41, 5.74) is -0.100. The average molecular weight is 608 g/mol. The lowest BCUT2D eigenvalue weighted by Crippen LogP contribution is -2.58. The van der Waals surface area contributed by atoms with Gasteiger partial charge in [0.15, 0.2) is 12.4 Å². The molecule has 9 heteroatoms. The molecule has 3 N–H and O–H groups in total. The van der Waals surface area contributed by atoms with E-state index >= 15 is 0 Å². The summed E-state index contributed by atoms with van der Waals surface area (Å²) in [7, 11) is 0. The largest absolute Gasteiger partial charge is 0.481 e. The van der Waals surface area contributed by atoms with Gasteiger partial charge in [-0.1, -0.05) is 49.8 Å². The second-order valence-corrected chi connectivity index (χ2v) is 13.9. The molecule has 3 saturated carbocycles. The number of ether oxygens (including phenoxy) is 1. The Hall–Kier alpha value is -3.33. The number of carboxylic acid groups (broad SMARTS) is 1. The zero-order valence-electron chi connectivity index (χ0n) is 25.8. The molecular weight excluding hydrogens is 562 g/mol. The monoisotopic (exact) mass is 607 g/mol. The van der Waals surface area contributed by atoms with Crippen molar-refractivity contribution in [3.63, 3.8) is 0 Å². The maximum Gasteiger partial charge on any atom is 0.306 e. The third kappa shape index (κ3) is 6.00. The highest BCUT2D eigenvalue weighted by molar-refractivity contribution is 5.92. The Bertz CT molecular complexity index is 1340. The molecule has 7 atom stereocenters. The molecule has 0 bridgehead atoms. The molecule has 1 amide bonds. The van der Waals surface area contributed by atoms with Crippen molar-refractivity contribution < 1.29 is 38.9 Å². The Balaban J connectivity index is 1.12. The number of hydrogen-bond acceptors (Lipinski definition) is 7. The normalized spacial score (nSPS) is 33.2. The van der Waals surface area contributed by atoms with Crippen LogP contribution < -0.4 is 5.32 Å². The van der Waals surface area contributed by atoms with Crippen LogP contribution in [0.2, 0.25) is 0 Å². The van der Waals surface area contributed by atoms with Gasteiger partial charge in [0.25, 0.3) is 0 Å². The second kappa shape index (κ2) is 12.6. The first-order valence-electron chi connectivity index (χ1n) is 16.1. The number of allylic oxidation sites excluding steroid dienone is 1. The fourth-order valence-electron chi connectivity index (χ4n) is 9.16. The number of benzene rings is 1. The number of ketones is 2. The minimum Gasteiger partial charge on any atom is -0.481 e. The van der Waals surface area contributed by atoms with Crippen LogP contribution in [-0.4, -0.2) is 58.4 Å². The molecule has 0 aliphatic heterocycles. The molecule has 0 radical (unpaired) electrons. The quantitative estimate of drug-likeness (QED) is 0.311. The van der Waals surface area contributed by atoms with Gasteiger partial charge in [-0.05, 0) is 79.8 Å². The molecule has 0 saturated heterocycles. The summed E-state index contributed by atoms with van der Waals surface area (Å²) < 4.78 is 5.26. The standard InChI is InChI=1S/C35H45NO8/c1-33-15-12-25(37)19-24(33)8-9-26-27(33)13-16-34(2)28(26)14-17-35(34,43)29(38)21-44-32(42)11-10-30(39)36-20-23(18-31(40)41)22-6-4-3-5-7-22/h3-7,19,23,26-28,43H,8-18,20-21H2,1-2H3,(H,36,39)(H,40,41)/t23-,26+,27-,28-,33+,34+,35+/m1/s1. The molecule has 9 nitrogen and oxygen atoms in total. The first-order valence-corrected chi connectivity index (χ1v) is 16.1. The minimum absolute atomic E-state index is 0.00338. The predicted molar refractivity (Wildman–Crippen MR) is 161 cm³/mol. The maximum atomic E-state index is 13.5. The Kier molecular flexibility index (Phi) is 9.17. The molecule has 1 aromatic carbocycles. The lowest BCUT2D eigenvalue weighted by molar-refractivity contribution is -0.170. The number of hydrogen-bond donors (Lipinski definition) is 3. The maximum absolute atomic E-state index is 13.5. The summed E-state index contributed by atoms with van der Waals surface area (Å²) in [4.78, 5) is 61.7. The van der Waals surface area contributed by atoms with E-state index in [1.165, 1.54) is 5.57 Å². The number of esters is 1. The number of rotatable bonds is 11. The third-order valence-corrected chi connectivity index (χ3v) is 11.7. The van der Waals surface area contributed by atoms with Crippen LogP contribution in [0.1, 0.15) is 96.0 Å². The number of fused-ring (bicyclic) bond motifs is 5. The Morgan fingerprint density at radius 2 is 1.70 bits per heavy atom. The molecule has 5 rings (SSSR count). The Labute approximate surface area is 258 Å². The first-order chi connectivity index (χ1) is 20.9. The number of aliphatic hydroxyl groups is 1. The van der Waals surface area contributed by atoms with Gasteiger partial charge in [0, 0.05) is 30.7 Å². The van der Waals surface area contributed by atoms with E-state index in [2.05, 4.69) is 12.2 Å². The molecule has 4 aliphatic carbocycles. The van der Waals surface area contributed by atoms with E-state index in [-0.39, 0.29) is 42.9 Å². The van der Waals surface area contributed by atoms with Crippen LogP contribution in [0, 0.1) is 28.6 Å². The zero-order chi connectivity index (χ0) is 31.7. The van der Waals surface area contributed by atoms with E-state index in [4.69, 9.17) is 4.74 Å². The van der Waals surface area contributed by atoms with Gasteiger partial charge in [0.05, 0.1) is 12.8 Å². The van der Waals surface area contributed by atoms with Gasteiger partial charge in [-0.15, -0.1) is 0 Å². The zero-order valence-corrected chi connectivity index (χ0v) is 25.8. The summed E-state index contributed by atoms with van der Waals surface area (Å²) >= 11 is 0. The van der Waals surface area contributed by atoms with Gasteiger partial charge in [0.2, 0.25) is 11.7 Å². The van der Waals surface area contributed by atoms with Gasteiger partial charge in [-0.25, -0.2) is 0 Å². The SMILES string of the molecule is C[C@]12CCC(=O)C=C1CC[C@H]1[C@H]2CC[C@@]2(C)[C@@H]1CC[C@]2(O)C(=O)COC(=O)CCC(=O)NC[C@@H](CC(=O)O)c1ccccc1. The van der Waals surface area contributed by atoms with E-state index in [0.717, 1.165) is 37.7 Å². The fraction of sp³-hybridized carbons (Fsp3) is 0.629. The van der Waals surface area contributed by atoms with Crippen molar-refractivity contribution in [3.05, 3.63) is 47.5 Å². The third-order valence-electron chi connectivity index (χ3n) is 11.7. The number of Topliss-reactive ketones (excluding diaryl/α,β-unsaturated/α-hetero) is 1. The predicted octanol–water partition coefficient (Wildman–Crippen LogP) is 4.52. The topological polar surface area (TPSA) is 147 Å². The van der Waals surface area contributed by atoms with Crippen molar-refractivity contribution in [3.8, 4) is 0 Å². The van der Waals surface area contributed by atoms with Gasteiger partial charge in [0.1, 0.15) is 5.60 Å². The van der Waals surface area contributed by atoms with Gasteiger partial charge >= 0.3 is 11.9 Å². The number of carbonyl (C=O) groups excluding carboxylic acids is 4. The van der Waals surface area contributed by atoms with Crippen LogP contribution in [-0.2, 0) is 28.7 Å². The van der Waals surface area contributed by atoms with Crippen LogP contribution in [0.3, 0.4) is 0 Å². The van der Waals surface area contributed by atoms with E-state index in [0.29, 0.717) is 31.1 Å². The molecule has 1 aromatic rings. The summed E-state index contributed by atoms with van der Waals surface area (Å²) in [6, 6.07) is 9.06. The summed E-state index contributed by atoms with van der Waals surface area (Å²) in [6.07, 6.45) is 7.33. The number of nitrogens with one attached hydrogen (secondary N) is 1. The molecule has 0 heterocycles. The number of amides is 1.